The minimum absolute atomic E-state index is 0.00981. The van der Waals surface area contributed by atoms with Crippen LogP contribution in [0.15, 0.2) is 42.7 Å². The lowest BCUT2D eigenvalue weighted by molar-refractivity contribution is 0.100. The van der Waals surface area contributed by atoms with Crippen LogP contribution in [0.25, 0.3) is 5.65 Å². The zero-order valence-electron chi connectivity index (χ0n) is 14.7. The van der Waals surface area contributed by atoms with Gasteiger partial charge >= 0.3 is 0 Å². The average Bonchev–Trinajstić information content (AvgIpc) is 3.14. The zero-order chi connectivity index (χ0) is 18.5. The van der Waals surface area contributed by atoms with E-state index >= 15 is 0 Å². The van der Waals surface area contributed by atoms with Gasteiger partial charge in [0, 0.05) is 11.7 Å². The first-order chi connectivity index (χ1) is 12.4. The molecule has 0 aliphatic carbocycles. The molecule has 1 aromatic carbocycles. The number of hydrogen-bond acceptors (Lipinski definition) is 4. The molecule has 1 atom stereocenters. The smallest absolute Gasteiger partial charge is 0.254 e. The van der Waals surface area contributed by atoms with Crippen LogP contribution in [0.5, 0.6) is 0 Å². The van der Waals surface area contributed by atoms with Gasteiger partial charge in [0.2, 0.25) is 0 Å². The van der Waals surface area contributed by atoms with Crippen molar-refractivity contribution < 1.29 is 9.18 Å². The molecule has 2 aromatic heterocycles. The molecule has 4 rings (SSSR count). The molecular weight excluding hydrogens is 333 g/mol. The number of carbonyl (C=O) groups is 1. The average molecular weight is 353 g/mol. The van der Waals surface area contributed by atoms with E-state index in [1.807, 2.05) is 12.1 Å². The summed E-state index contributed by atoms with van der Waals surface area (Å²) in [6.07, 6.45) is 5.03. The molecule has 26 heavy (non-hydrogen) atoms. The van der Waals surface area contributed by atoms with Crippen LogP contribution < -0.4 is 10.6 Å². The maximum absolute atomic E-state index is 13.8. The Hall–Kier alpha value is -2.96. The van der Waals surface area contributed by atoms with Crippen LogP contribution in [0, 0.1) is 5.82 Å². The van der Waals surface area contributed by atoms with E-state index in [1.54, 1.807) is 18.3 Å². The van der Waals surface area contributed by atoms with Crippen molar-refractivity contribution in [1.82, 2.24) is 14.6 Å². The summed E-state index contributed by atoms with van der Waals surface area (Å²) >= 11 is 0. The molecule has 2 N–H and O–H groups in total. The van der Waals surface area contributed by atoms with Crippen molar-refractivity contribution in [2.45, 2.75) is 38.3 Å². The van der Waals surface area contributed by atoms with Gasteiger partial charge in [0.05, 0.1) is 12.2 Å². The van der Waals surface area contributed by atoms with E-state index < -0.39 is 5.91 Å². The first kappa shape index (κ1) is 16.5. The van der Waals surface area contributed by atoms with E-state index in [4.69, 9.17) is 5.73 Å². The number of nitrogens with two attached hydrogens (primary N) is 1. The molecule has 134 valence electrons. The van der Waals surface area contributed by atoms with Crippen LogP contribution in [0.3, 0.4) is 0 Å². The SMILES string of the molecule is CC1(C)CC[C@H](c2cccc(F)c2)N1c1ccn2ncc(C(N)=O)c2n1. The lowest BCUT2D eigenvalue weighted by Crippen LogP contribution is -2.40. The molecule has 3 heterocycles. The van der Waals surface area contributed by atoms with Crippen molar-refractivity contribution in [1.29, 1.82) is 0 Å². The Kier molecular flexibility index (Phi) is 3.68. The Morgan fingerprint density at radius 2 is 2.15 bits per heavy atom. The summed E-state index contributed by atoms with van der Waals surface area (Å²) in [5, 5.41) is 4.12. The van der Waals surface area contributed by atoms with Gasteiger partial charge in [0.25, 0.3) is 5.91 Å². The Labute approximate surface area is 150 Å². The van der Waals surface area contributed by atoms with E-state index in [0.717, 1.165) is 24.2 Å². The van der Waals surface area contributed by atoms with Crippen LogP contribution in [-0.2, 0) is 0 Å². The summed E-state index contributed by atoms with van der Waals surface area (Å²) < 4.78 is 15.3. The van der Waals surface area contributed by atoms with Gasteiger partial charge in [-0.15, -0.1) is 0 Å². The number of aromatic nitrogens is 3. The number of rotatable bonds is 3. The number of amides is 1. The van der Waals surface area contributed by atoms with Gasteiger partial charge in [-0.05, 0) is 50.5 Å². The molecule has 1 aliphatic heterocycles. The van der Waals surface area contributed by atoms with Crippen LogP contribution >= 0.6 is 0 Å². The first-order valence-electron chi connectivity index (χ1n) is 8.56. The van der Waals surface area contributed by atoms with E-state index in [2.05, 4.69) is 28.8 Å². The maximum atomic E-state index is 13.8. The van der Waals surface area contributed by atoms with Crippen molar-refractivity contribution in [3.8, 4) is 0 Å². The Balaban J connectivity index is 1.83. The molecule has 1 amide bonds. The molecule has 1 saturated heterocycles. The van der Waals surface area contributed by atoms with Gasteiger partial charge in [0.15, 0.2) is 5.65 Å². The molecule has 0 spiro atoms. The zero-order valence-corrected chi connectivity index (χ0v) is 14.7. The molecule has 7 heteroatoms. The summed E-state index contributed by atoms with van der Waals surface area (Å²) in [5.74, 6) is -0.0911. The number of fused-ring (bicyclic) bond motifs is 1. The van der Waals surface area contributed by atoms with Crippen molar-refractivity contribution in [3.05, 3.63) is 59.7 Å². The van der Waals surface area contributed by atoms with Crippen molar-refractivity contribution in [3.63, 3.8) is 0 Å². The Bertz CT molecular complexity index is 997. The van der Waals surface area contributed by atoms with E-state index in [9.17, 15) is 9.18 Å². The lowest BCUT2D eigenvalue weighted by atomic mass is 10.0. The molecule has 6 nitrogen and oxygen atoms in total. The second-order valence-corrected chi connectivity index (χ2v) is 7.27. The quantitative estimate of drug-likeness (QED) is 0.785. The highest BCUT2D eigenvalue weighted by atomic mass is 19.1. The number of hydrogen-bond donors (Lipinski definition) is 1. The van der Waals surface area contributed by atoms with Crippen molar-refractivity contribution in [2.24, 2.45) is 5.73 Å². The second-order valence-electron chi connectivity index (χ2n) is 7.27. The van der Waals surface area contributed by atoms with Crippen LogP contribution in [0.1, 0.15) is 48.7 Å². The monoisotopic (exact) mass is 353 g/mol. The number of nitrogens with zero attached hydrogens (tertiary/aromatic N) is 4. The fraction of sp³-hybridized carbons (Fsp3) is 0.316. The second kappa shape index (κ2) is 5.79. The van der Waals surface area contributed by atoms with Gasteiger partial charge < -0.3 is 10.6 Å². The lowest BCUT2D eigenvalue weighted by Gasteiger charge is -2.37. The van der Waals surface area contributed by atoms with Gasteiger partial charge in [-0.3, -0.25) is 4.79 Å². The molecule has 0 saturated carbocycles. The van der Waals surface area contributed by atoms with Gasteiger partial charge in [-0.2, -0.15) is 5.10 Å². The standard InChI is InChI=1S/C19H20FN5O/c1-19(2)8-6-15(12-4-3-5-13(20)10-12)25(19)16-7-9-24-18(23-16)14(11-22-24)17(21)26/h3-5,7,9-11,15H,6,8H2,1-2H3,(H2,21,26)/t15-/m1/s1. The summed E-state index contributed by atoms with van der Waals surface area (Å²) in [6, 6.07) is 8.57. The fourth-order valence-corrected chi connectivity index (χ4v) is 3.83. The van der Waals surface area contributed by atoms with Crippen LogP contribution in [0.2, 0.25) is 0 Å². The minimum atomic E-state index is -0.563. The summed E-state index contributed by atoms with van der Waals surface area (Å²) in [6.45, 7) is 4.28. The predicted octanol–water partition coefficient (Wildman–Crippen LogP) is 3.09. The van der Waals surface area contributed by atoms with Gasteiger partial charge in [-0.25, -0.2) is 13.9 Å². The molecule has 0 bridgehead atoms. The molecule has 0 radical (unpaired) electrons. The molecule has 3 aromatic rings. The molecule has 1 aliphatic rings. The first-order valence-corrected chi connectivity index (χ1v) is 8.56. The number of anilines is 1. The molecule has 0 unspecified atom stereocenters. The molecule has 1 fully saturated rings. The van der Waals surface area contributed by atoms with Crippen LogP contribution in [0.4, 0.5) is 10.2 Å². The third kappa shape index (κ3) is 2.60. The summed E-state index contributed by atoms with van der Waals surface area (Å²) in [5.41, 5.74) is 6.90. The molecular formula is C19H20FN5O. The minimum Gasteiger partial charge on any atom is -0.365 e. The Morgan fingerprint density at radius 1 is 1.35 bits per heavy atom. The van der Waals surface area contributed by atoms with Gasteiger partial charge in [0.1, 0.15) is 17.2 Å². The van der Waals surface area contributed by atoms with Crippen LogP contribution in [-0.4, -0.2) is 26.0 Å². The highest BCUT2D eigenvalue weighted by Gasteiger charge is 2.41. The topological polar surface area (TPSA) is 76.5 Å². The number of halogens is 1. The highest BCUT2D eigenvalue weighted by Crippen LogP contribution is 2.44. The highest BCUT2D eigenvalue weighted by molar-refractivity contribution is 5.98. The van der Waals surface area contributed by atoms with Crippen molar-refractivity contribution >= 4 is 17.4 Å². The Morgan fingerprint density at radius 3 is 2.88 bits per heavy atom. The number of benzene rings is 1. The van der Waals surface area contributed by atoms with E-state index in [0.29, 0.717) is 5.65 Å². The maximum Gasteiger partial charge on any atom is 0.254 e. The van der Waals surface area contributed by atoms with E-state index in [1.165, 1.54) is 16.8 Å². The van der Waals surface area contributed by atoms with Gasteiger partial charge in [-0.1, -0.05) is 12.1 Å². The number of carbonyl (C=O) groups excluding carboxylic acids is 1. The third-order valence-corrected chi connectivity index (χ3v) is 5.09. The fourth-order valence-electron chi connectivity index (χ4n) is 3.83. The third-order valence-electron chi connectivity index (χ3n) is 5.09. The normalized spacial score (nSPS) is 19.2. The number of primary amides is 1. The predicted molar refractivity (Wildman–Crippen MR) is 96.4 cm³/mol. The van der Waals surface area contributed by atoms with E-state index in [-0.39, 0.29) is 23.0 Å². The largest absolute Gasteiger partial charge is 0.365 e. The van der Waals surface area contributed by atoms with Crippen molar-refractivity contribution in [2.75, 3.05) is 4.90 Å². The summed E-state index contributed by atoms with van der Waals surface area (Å²) in [4.78, 5) is 18.5. The summed E-state index contributed by atoms with van der Waals surface area (Å²) in [7, 11) is 0.